The predicted molar refractivity (Wildman–Crippen MR) is 131 cm³/mol. The quantitative estimate of drug-likeness (QED) is 0.302. The molecule has 2 aliphatic heterocycles. The Morgan fingerprint density at radius 2 is 0.909 bits per heavy atom. The fourth-order valence-electron chi connectivity index (χ4n) is 5.88. The van der Waals surface area contributed by atoms with Gasteiger partial charge in [0.25, 0.3) is 0 Å². The molecule has 184 valence electrons. The highest BCUT2D eigenvalue weighted by atomic mass is 79.9. The number of hydrogen-bond acceptors (Lipinski definition) is 0. The third-order valence-electron chi connectivity index (χ3n) is 8.07. The summed E-state index contributed by atoms with van der Waals surface area (Å²) in [6, 6.07) is 22.1. The lowest BCUT2D eigenvalue weighted by Crippen LogP contribution is -3.13. The smallest absolute Gasteiger partial charge is 0.0811 e. The minimum absolute atomic E-state index is 0. The standard InChI is InChI=1S/C29H42N2.2BrH/c1-3-8-26(9-4-1)14-20-30-22-16-28(17-23-30)12-7-13-29-18-24-31(25-19-29)21-15-27-10-5-2-6-11-27;;/h1-6,8-11,28-29H,7,12-25H2;2*1H. The van der Waals surface area contributed by atoms with Crippen LogP contribution >= 0.6 is 0 Å². The molecule has 0 bridgehead atoms. The zero-order valence-electron chi connectivity index (χ0n) is 20.3. The summed E-state index contributed by atoms with van der Waals surface area (Å²) < 4.78 is 0. The molecule has 0 radical (unpaired) electrons. The topological polar surface area (TPSA) is 8.88 Å². The van der Waals surface area contributed by atoms with E-state index in [1.165, 1.54) is 108 Å². The Hall–Kier alpha value is -0.680. The molecule has 2 saturated heterocycles. The molecule has 0 aliphatic carbocycles. The summed E-state index contributed by atoms with van der Waals surface area (Å²) in [6.45, 7) is 8.26. The van der Waals surface area contributed by atoms with Gasteiger partial charge in [-0.2, -0.15) is 0 Å². The Labute approximate surface area is 223 Å². The molecule has 0 atom stereocenters. The second kappa shape index (κ2) is 16.1. The van der Waals surface area contributed by atoms with Crippen molar-refractivity contribution in [3.05, 3.63) is 71.8 Å². The zero-order valence-corrected chi connectivity index (χ0v) is 23.5. The van der Waals surface area contributed by atoms with Crippen LogP contribution in [0.5, 0.6) is 0 Å². The largest absolute Gasteiger partial charge is 1.00 e. The van der Waals surface area contributed by atoms with E-state index < -0.39 is 0 Å². The van der Waals surface area contributed by atoms with E-state index in [0.29, 0.717) is 0 Å². The number of halogens is 2. The van der Waals surface area contributed by atoms with Crippen LogP contribution in [-0.2, 0) is 12.8 Å². The van der Waals surface area contributed by atoms with Crippen LogP contribution in [0, 0.1) is 11.8 Å². The summed E-state index contributed by atoms with van der Waals surface area (Å²) >= 11 is 0. The highest BCUT2D eigenvalue weighted by Crippen LogP contribution is 2.23. The van der Waals surface area contributed by atoms with E-state index >= 15 is 0 Å². The van der Waals surface area contributed by atoms with Crippen molar-refractivity contribution in [2.24, 2.45) is 11.8 Å². The monoisotopic (exact) mass is 578 g/mol. The van der Waals surface area contributed by atoms with Gasteiger partial charge in [0.15, 0.2) is 0 Å². The number of piperidine rings is 2. The second-order valence-corrected chi connectivity index (χ2v) is 10.3. The van der Waals surface area contributed by atoms with Gasteiger partial charge in [-0.3, -0.25) is 0 Å². The molecule has 4 rings (SSSR count). The van der Waals surface area contributed by atoms with Crippen molar-refractivity contribution in [1.82, 2.24) is 0 Å². The van der Waals surface area contributed by atoms with Crippen LogP contribution in [0.25, 0.3) is 0 Å². The van der Waals surface area contributed by atoms with Gasteiger partial charge in [0.05, 0.1) is 39.3 Å². The van der Waals surface area contributed by atoms with Crippen molar-refractivity contribution in [1.29, 1.82) is 0 Å². The van der Waals surface area contributed by atoms with E-state index in [2.05, 4.69) is 60.7 Å². The Morgan fingerprint density at radius 1 is 0.545 bits per heavy atom. The van der Waals surface area contributed by atoms with E-state index in [1.54, 1.807) is 0 Å². The average molecular weight is 580 g/mol. The first kappa shape index (κ1) is 28.6. The summed E-state index contributed by atoms with van der Waals surface area (Å²) in [5.41, 5.74) is 3.01. The van der Waals surface area contributed by atoms with Crippen molar-refractivity contribution in [3.8, 4) is 0 Å². The van der Waals surface area contributed by atoms with E-state index in [1.807, 2.05) is 9.80 Å². The molecule has 2 aromatic rings. The molecule has 0 spiro atoms. The van der Waals surface area contributed by atoms with Crippen LogP contribution in [-0.4, -0.2) is 39.3 Å². The van der Waals surface area contributed by atoms with Crippen LogP contribution in [0.3, 0.4) is 0 Å². The highest BCUT2D eigenvalue weighted by molar-refractivity contribution is 5.15. The number of benzene rings is 2. The van der Waals surface area contributed by atoms with E-state index in [4.69, 9.17) is 0 Å². The van der Waals surface area contributed by atoms with Crippen molar-refractivity contribution in [3.63, 3.8) is 0 Å². The molecule has 2 fully saturated rings. The summed E-state index contributed by atoms with van der Waals surface area (Å²) in [4.78, 5) is 3.68. The molecule has 0 saturated carbocycles. The number of rotatable bonds is 10. The van der Waals surface area contributed by atoms with E-state index in [9.17, 15) is 0 Å². The van der Waals surface area contributed by atoms with Crippen molar-refractivity contribution in [2.45, 2.75) is 57.8 Å². The molecule has 0 amide bonds. The van der Waals surface area contributed by atoms with Crippen LogP contribution in [0.1, 0.15) is 56.1 Å². The summed E-state index contributed by atoms with van der Waals surface area (Å²) in [6.07, 6.45) is 12.8. The molecular weight excluding hydrogens is 536 g/mol. The van der Waals surface area contributed by atoms with E-state index in [0.717, 1.165) is 11.8 Å². The fraction of sp³-hybridized carbons (Fsp3) is 0.586. The minimum atomic E-state index is 0. The lowest BCUT2D eigenvalue weighted by Gasteiger charge is -2.31. The molecular formula is C29H44Br2N2. The van der Waals surface area contributed by atoms with Crippen LogP contribution < -0.4 is 43.8 Å². The van der Waals surface area contributed by atoms with Crippen molar-refractivity contribution in [2.75, 3.05) is 39.3 Å². The molecule has 33 heavy (non-hydrogen) atoms. The molecule has 2 heterocycles. The fourth-order valence-corrected chi connectivity index (χ4v) is 5.88. The lowest BCUT2D eigenvalue weighted by molar-refractivity contribution is -0.906. The van der Waals surface area contributed by atoms with Gasteiger partial charge in [-0.05, 0) is 48.6 Å². The maximum Gasteiger partial charge on any atom is 0.0811 e. The van der Waals surface area contributed by atoms with Crippen LogP contribution in [0.4, 0.5) is 0 Å². The summed E-state index contributed by atoms with van der Waals surface area (Å²) in [7, 11) is 0. The molecule has 2 nitrogen and oxygen atoms in total. The molecule has 4 heteroatoms. The third kappa shape index (κ3) is 10.2. The Balaban J connectivity index is 0.00000193. The maximum atomic E-state index is 2.28. The zero-order chi connectivity index (χ0) is 21.1. The highest BCUT2D eigenvalue weighted by Gasteiger charge is 2.24. The van der Waals surface area contributed by atoms with Gasteiger partial charge in [-0.1, -0.05) is 79.9 Å². The van der Waals surface area contributed by atoms with Gasteiger partial charge >= 0.3 is 0 Å². The average Bonchev–Trinajstić information content (AvgIpc) is 2.84. The van der Waals surface area contributed by atoms with Gasteiger partial charge in [0.1, 0.15) is 0 Å². The summed E-state index contributed by atoms with van der Waals surface area (Å²) in [5, 5.41) is 0. The van der Waals surface area contributed by atoms with Crippen molar-refractivity contribution < 1.29 is 43.8 Å². The number of quaternary nitrogens is 2. The predicted octanol–water partition coefficient (Wildman–Crippen LogP) is -2.76. The van der Waals surface area contributed by atoms with Gasteiger partial charge in [0, 0.05) is 12.8 Å². The number of hydrogen-bond donors (Lipinski definition) is 2. The molecule has 0 aromatic heterocycles. The van der Waals surface area contributed by atoms with Crippen LogP contribution in [0.15, 0.2) is 60.7 Å². The Kier molecular flexibility index (Phi) is 13.9. The maximum absolute atomic E-state index is 2.28. The normalized spacial score (nSPS) is 25.0. The number of nitrogens with one attached hydrogen (secondary N) is 2. The lowest BCUT2D eigenvalue weighted by atomic mass is 9.86. The number of likely N-dealkylation sites (tertiary alicyclic amines) is 2. The molecule has 0 unspecified atom stereocenters. The van der Waals surface area contributed by atoms with Gasteiger partial charge in [-0.25, -0.2) is 0 Å². The van der Waals surface area contributed by atoms with E-state index in [-0.39, 0.29) is 34.0 Å². The summed E-state index contributed by atoms with van der Waals surface area (Å²) in [5.74, 6) is 2.02. The molecule has 2 N–H and O–H groups in total. The molecule has 2 aliphatic rings. The first-order valence-electron chi connectivity index (χ1n) is 13.1. The third-order valence-corrected chi connectivity index (χ3v) is 8.07. The van der Waals surface area contributed by atoms with Gasteiger partial charge in [-0.15, -0.1) is 0 Å². The van der Waals surface area contributed by atoms with Crippen molar-refractivity contribution >= 4 is 0 Å². The second-order valence-electron chi connectivity index (χ2n) is 10.3. The van der Waals surface area contributed by atoms with Gasteiger partial charge in [0.2, 0.25) is 0 Å². The molecule has 2 aromatic carbocycles. The van der Waals surface area contributed by atoms with Crippen LogP contribution in [0.2, 0.25) is 0 Å². The minimum Gasteiger partial charge on any atom is -1.00 e. The first-order valence-corrected chi connectivity index (χ1v) is 13.1. The van der Waals surface area contributed by atoms with Gasteiger partial charge < -0.3 is 43.8 Å². The SMILES string of the molecule is [Br-].[Br-].c1ccc(CC[NH+]2CCC(CCCC3CC[NH+](CCc4ccccc4)CC3)CC2)cc1. The first-order chi connectivity index (χ1) is 15.3. The Bertz CT molecular complexity index is 660. The Morgan fingerprint density at radius 3 is 1.27 bits per heavy atom.